The van der Waals surface area contributed by atoms with Gasteiger partial charge in [0.15, 0.2) is 0 Å². The topological polar surface area (TPSA) is 0 Å². The molecule has 10 aliphatic carbocycles. The van der Waals surface area contributed by atoms with E-state index in [1.165, 1.54) is 5.57 Å². The Kier molecular flexibility index (Phi) is 9.96. The van der Waals surface area contributed by atoms with Gasteiger partial charge in [0, 0.05) is 10.8 Å². The number of fused-ring (bicyclic) bond motifs is 8. The first-order chi connectivity index (χ1) is 21.2. The van der Waals surface area contributed by atoms with Crippen LogP contribution in [0, 0.1) is 80.0 Å². The maximum absolute atomic E-state index is 2.99. The van der Waals surface area contributed by atoms with Gasteiger partial charge in [-0.2, -0.15) is 6.08 Å². The van der Waals surface area contributed by atoms with Crippen LogP contribution in [0.1, 0.15) is 93.9 Å². The van der Waals surface area contributed by atoms with Crippen molar-refractivity contribution >= 4 is 3.21 Å². The first-order valence-corrected chi connectivity index (χ1v) is 19.2. The quantitative estimate of drug-likeness (QED) is 0.302. The van der Waals surface area contributed by atoms with Crippen LogP contribution < -0.4 is 24.8 Å². The minimum atomic E-state index is 0. The Bertz CT molecular complexity index is 1480. The molecular formula is C44H56Cl2Zr-2. The molecule has 0 aromatic rings. The van der Waals surface area contributed by atoms with Gasteiger partial charge in [-0.1, -0.05) is 115 Å². The Hall–Kier alpha value is -0.747. The molecule has 8 unspecified atom stereocenters. The van der Waals surface area contributed by atoms with E-state index in [2.05, 4.69) is 141 Å². The van der Waals surface area contributed by atoms with Gasteiger partial charge >= 0.3 is 83.2 Å². The molecule has 0 amide bonds. The Morgan fingerprint density at radius 2 is 1.19 bits per heavy atom. The molecule has 0 spiro atoms. The molecular weight excluding hydrogens is 691 g/mol. The van der Waals surface area contributed by atoms with E-state index in [1.54, 1.807) is 56.3 Å². The van der Waals surface area contributed by atoms with Crippen molar-refractivity contribution in [3.05, 3.63) is 103 Å². The Morgan fingerprint density at radius 3 is 1.68 bits per heavy atom. The molecule has 10 rings (SSSR count). The minimum absolute atomic E-state index is 0. The van der Waals surface area contributed by atoms with E-state index in [-0.39, 0.29) is 62.7 Å². The number of rotatable bonds is 0. The summed E-state index contributed by atoms with van der Waals surface area (Å²) in [7, 11) is 0. The Balaban J connectivity index is 0.000000197. The standard InChI is InChI=1S/C29H37.C10H14.C5H5.2ClH.Zr/c1-21-14-13-15-22-20-27(6)25(4)18-10-9-16-23(25,2)24(3)17-11-12-19-26(24,5)29(27,8)28(21,22)7;1-7-2-9-4-8(1)5-10(3-7)6-9;1-2-4-5-3-1;;;/h9-20,22H,1-8H3;7-10H,1-5H2;1-3H,4H2;2*1H;/q-1;;-1;;;+2/p-2. The normalized spacial score (nSPS) is 50.9. The van der Waals surface area contributed by atoms with Crippen LogP contribution in [0.5, 0.6) is 0 Å². The average molecular weight is 747 g/mol. The van der Waals surface area contributed by atoms with Crippen molar-refractivity contribution in [2.75, 3.05) is 0 Å². The van der Waals surface area contributed by atoms with Crippen molar-refractivity contribution < 1.29 is 49.0 Å². The van der Waals surface area contributed by atoms with Gasteiger partial charge in [-0.25, -0.2) is 12.2 Å². The van der Waals surface area contributed by atoms with Gasteiger partial charge in [-0.15, -0.1) is 23.8 Å². The fourth-order valence-electron chi connectivity index (χ4n) is 13.3. The van der Waals surface area contributed by atoms with Crippen molar-refractivity contribution in [2.45, 2.75) is 93.9 Å². The zero-order valence-corrected chi connectivity index (χ0v) is 34.0. The van der Waals surface area contributed by atoms with E-state index in [1.807, 2.05) is 15.4 Å². The maximum atomic E-state index is 2.99. The summed E-state index contributed by atoms with van der Waals surface area (Å²) in [5, 5.41) is 0. The molecule has 0 aromatic carbocycles. The van der Waals surface area contributed by atoms with Crippen molar-refractivity contribution in [1.82, 2.24) is 0 Å². The molecule has 47 heavy (non-hydrogen) atoms. The van der Waals surface area contributed by atoms with E-state index in [0.29, 0.717) is 5.92 Å². The van der Waals surface area contributed by atoms with Gasteiger partial charge in [0.05, 0.1) is 0 Å². The molecule has 0 radical (unpaired) electrons. The van der Waals surface area contributed by atoms with Gasteiger partial charge in [0.25, 0.3) is 0 Å². The summed E-state index contributed by atoms with van der Waals surface area (Å²) in [5.41, 5.74) is 1.73. The van der Waals surface area contributed by atoms with E-state index in [4.69, 9.17) is 0 Å². The zero-order valence-electron chi connectivity index (χ0n) is 30.0. The molecule has 0 aromatic heterocycles. The zero-order chi connectivity index (χ0) is 32.1. The van der Waals surface area contributed by atoms with Gasteiger partial charge in [0.2, 0.25) is 0 Å². The van der Waals surface area contributed by atoms with Crippen molar-refractivity contribution in [3.8, 4) is 0 Å². The van der Waals surface area contributed by atoms with Gasteiger partial charge in [0.1, 0.15) is 0 Å². The fourth-order valence-corrected chi connectivity index (χ4v) is 14.4. The molecule has 0 heterocycles. The van der Waals surface area contributed by atoms with Crippen LogP contribution in [0.3, 0.4) is 0 Å². The molecule has 10 aliphatic rings. The Labute approximate surface area is 314 Å². The molecule has 4 bridgehead atoms. The third kappa shape index (κ3) is 4.56. The SMILES string of the molecule is CC1=CC=CC2[CH-]C3(C)C4(C)C=CC=CC4(C)C4(C)C=CC=CC4(C)C3(C)C12C.[C-]1=CC=CC1.[Cl-].[Cl-].[Zr+2]=[C]1C2CC3CC(C2)CC1C3. The van der Waals surface area contributed by atoms with E-state index < -0.39 is 0 Å². The predicted octanol–water partition coefficient (Wildman–Crippen LogP) is 5.12. The van der Waals surface area contributed by atoms with Crippen LogP contribution in [0.4, 0.5) is 0 Å². The van der Waals surface area contributed by atoms with E-state index >= 15 is 0 Å². The number of hydrogen-bond donors (Lipinski definition) is 0. The molecule has 0 saturated heterocycles. The van der Waals surface area contributed by atoms with Gasteiger partial charge in [-0.3, -0.25) is 6.08 Å². The number of allylic oxidation sites excluding steroid dienone is 16. The van der Waals surface area contributed by atoms with Crippen LogP contribution in [0.15, 0.2) is 90.6 Å². The molecule has 0 aliphatic heterocycles. The van der Waals surface area contributed by atoms with Crippen molar-refractivity contribution in [3.63, 3.8) is 0 Å². The molecule has 6 saturated carbocycles. The van der Waals surface area contributed by atoms with E-state index in [0.717, 1.165) is 30.1 Å². The molecule has 252 valence electrons. The van der Waals surface area contributed by atoms with Gasteiger partial charge in [-0.05, 0) is 28.6 Å². The second-order valence-corrected chi connectivity index (χ2v) is 18.9. The van der Waals surface area contributed by atoms with Crippen LogP contribution in [-0.2, 0) is 24.2 Å². The van der Waals surface area contributed by atoms with Crippen molar-refractivity contribution in [1.29, 1.82) is 0 Å². The molecule has 6 fully saturated rings. The molecule has 3 heteroatoms. The Morgan fingerprint density at radius 1 is 0.681 bits per heavy atom. The van der Waals surface area contributed by atoms with Gasteiger partial charge < -0.3 is 31.2 Å². The first kappa shape index (κ1) is 37.5. The third-order valence-electron chi connectivity index (χ3n) is 16.6. The van der Waals surface area contributed by atoms with E-state index in [9.17, 15) is 0 Å². The third-order valence-corrected chi connectivity index (χ3v) is 18.6. The van der Waals surface area contributed by atoms with Crippen LogP contribution in [0.2, 0.25) is 0 Å². The average Bonchev–Trinajstić information content (AvgIpc) is 3.66. The summed E-state index contributed by atoms with van der Waals surface area (Å²) in [4.78, 5) is 0. The number of hydrogen-bond acceptors (Lipinski definition) is 0. The number of halogens is 2. The first-order valence-electron chi connectivity index (χ1n) is 18.0. The molecule has 8 atom stereocenters. The summed E-state index contributed by atoms with van der Waals surface area (Å²) in [5.74, 6) is 4.97. The second kappa shape index (κ2) is 12.5. The van der Waals surface area contributed by atoms with Crippen LogP contribution >= 0.6 is 0 Å². The predicted molar refractivity (Wildman–Crippen MR) is 188 cm³/mol. The monoisotopic (exact) mass is 744 g/mol. The summed E-state index contributed by atoms with van der Waals surface area (Å²) < 4.78 is 1.96. The second-order valence-electron chi connectivity index (χ2n) is 17.5. The molecule has 0 N–H and O–H groups in total. The molecule has 0 nitrogen and oxygen atoms in total. The van der Waals surface area contributed by atoms with Crippen LogP contribution in [0.25, 0.3) is 0 Å². The summed E-state index contributed by atoms with van der Waals surface area (Å²) in [6, 6.07) is 0. The van der Waals surface area contributed by atoms with Crippen molar-refractivity contribution in [2.24, 2.45) is 67.5 Å². The summed E-state index contributed by atoms with van der Waals surface area (Å²) in [6.07, 6.45) is 47.2. The summed E-state index contributed by atoms with van der Waals surface area (Å²) >= 11 is 1.76. The fraction of sp³-hybridized carbons (Fsp3) is 0.591. The summed E-state index contributed by atoms with van der Waals surface area (Å²) in [6.45, 7) is 20.3. The van der Waals surface area contributed by atoms with Crippen LogP contribution in [-0.4, -0.2) is 3.21 Å².